The molecule has 2 aromatic rings. The highest BCUT2D eigenvalue weighted by Crippen LogP contribution is 2.26. The van der Waals surface area contributed by atoms with Crippen LogP contribution in [0, 0.1) is 5.82 Å². The van der Waals surface area contributed by atoms with Crippen LogP contribution < -0.4 is 0 Å². The SMILES string of the molecule is CCOC(=O)C(O)c1ccc2c(ccn2C)c1F. The van der Waals surface area contributed by atoms with Gasteiger partial charge in [-0.25, -0.2) is 9.18 Å². The van der Waals surface area contributed by atoms with Crippen LogP contribution in [0.3, 0.4) is 0 Å². The predicted octanol–water partition coefficient (Wildman–Crippen LogP) is 1.91. The molecule has 1 unspecified atom stereocenters. The maximum absolute atomic E-state index is 14.2. The highest BCUT2D eigenvalue weighted by atomic mass is 19.1. The second-order valence-corrected chi connectivity index (χ2v) is 3.98. The molecule has 0 radical (unpaired) electrons. The second kappa shape index (κ2) is 4.78. The van der Waals surface area contributed by atoms with Gasteiger partial charge in [0.15, 0.2) is 6.10 Å². The van der Waals surface area contributed by atoms with Crippen molar-refractivity contribution in [2.45, 2.75) is 13.0 Å². The Bertz CT molecular complexity index is 591. The zero-order valence-electron chi connectivity index (χ0n) is 10.2. The lowest BCUT2D eigenvalue weighted by Crippen LogP contribution is -2.16. The van der Waals surface area contributed by atoms with Gasteiger partial charge in [0, 0.05) is 24.2 Å². The molecule has 0 bridgehead atoms. The number of carbonyl (C=O) groups excluding carboxylic acids is 1. The summed E-state index contributed by atoms with van der Waals surface area (Å²) >= 11 is 0. The van der Waals surface area contributed by atoms with E-state index in [0.717, 1.165) is 0 Å². The van der Waals surface area contributed by atoms with Gasteiger partial charge in [-0.2, -0.15) is 0 Å². The lowest BCUT2D eigenvalue weighted by Gasteiger charge is -2.11. The average Bonchev–Trinajstić information content (AvgIpc) is 2.72. The average molecular weight is 251 g/mol. The Kier molecular flexibility index (Phi) is 3.34. The summed E-state index contributed by atoms with van der Waals surface area (Å²) in [6, 6.07) is 4.67. The van der Waals surface area contributed by atoms with Crippen LogP contribution in [0.25, 0.3) is 10.9 Å². The number of hydrogen-bond acceptors (Lipinski definition) is 3. The van der Waals surface area contributed by atoms with E-state index < -0.39 is 17.9 Å². The van der Waals surface area contributed by atoms with Gasteiger partial charge in [0.05, 0.1) is 12.1 Å². The summed E-state index contributed by atoms with van der Waals surface area (Å²) < 4.78 is 20.6. The van der Waals surface area contributed by atoms with Crippen molar-refractivity contribution in [2.24, 2.45) is 7.05 Å². The van der Waals surface area contributed by atoms with Crippen molar-refractivity contribution < 1.29 is 19.0 Å². The number of aliphatic hydroxyl groups excluding tert-OH is 1. The van der Waals surface area contributed by atoms with Crippen LogP contribution >= 0.6 is 0 Å². The highest BCUT2D eigenvalue weighted by Gasteiger charge is 2.23. The molecular weight excluding hydrogens is 237 g/mol. The monoisotopic (exact) mass is 251 g/mol. The number of fused-ring (bicyclic) bond motifs is 1. The topological polar surface area (TPSA) is 51.5 Å². The number of halogens is 1. The fourth-order valence-corrected chi connectivity index (χ4v) is 1.89. The largest absolute Gasteiger partial charge is 0.464 e. The quantitative estimate of drug-likeness (QED) is 0.848. The maximum atomic E-state index is 14.2. The molecule has 1 N–H and O–H groups in total. The van der Waals surface area contributed by atoms with E-state index in [-0.39, 0.29) is 12.2 Å². The zero-order valence-corrected chi connectivity index (χ0v) is 10.2. The van der Waals surface area contributed by atoms with Crippen molar-refractivity contribution in [2.75, 3.05) is 6.61 Å². The molecule has 0 saturated carbocycles. The third-order valence-electron chi connectivity index (χ3n) is 2.84. The molecule has 1 aromatic heterocycles. The van der Waals surface area contributed by atoms with Gasteiger partial charge in [-0.3, -0.25) is 0 Å². The van der Waals surface area contributed by atoms with Crippen LogP contribution in [-0.4, -0.2) is 22.2 Å². The number of ether oxygens (including phenoxy) is 1. The number of esters is 1. The Morgan fingerprint density at radius 1 is 1.50 bits per heavy atom. The molecule has 1 atom stereocenters. The van der Waals surface area contributed by atoms with Gasteiger partial charge in [0.1, 0.15) is 5.82 Å². The molecule has 96 valence electrons. The number of aryl methyl sites for hydroxylation is 1. The first-order chi connectivity index (χ1) is 8.56. The van der Waals surface area contributed by atoms with Crippen LogP contribution in [0.5, 0.6) is 0 Å². The molecule has 0 amide bonds. The fourth-order valence-electron chi connectivity index (χ4n) is 1.89. The van der Waals surface area contributed by atoms with E-state index in [1.807, 2.05) is 0 Å². The van der Waals surface area contributed by atoms with Crippen molar-refractivity contribution in [1.29, 1.82) is 0 Å². The highest BCUT2D eigenvalue weighted by molar-refractivity contribution is 5.84. The second-order valence-electron chi connectivity index (χ2n) is 3.98. The minimum absolute atomic E-state index is 0.0628. The fraction of sp³-hybridized carbons (Fsp3) is 0.308. The molecule has 0 aliphatic carbocycles. The summed E-state index contributed by atoms with van der Waals surface area (Å²) in [4.78, 5) is 11.4. The molecule has 0 spiro atoms. The summed E-state index contributed by atoms with van der Waals surface area (Å²) in [6.45, 7) is 1.77. The van der Waals surface area contributed by atoms with Gasteiger partial charge < -0.3 is 14.4 Å². The van der Waals surface area contributed by atoms with Gasteiger partial charge in [0.2, 0.25) is 0 Å². The first kappa shape index (κ1) is 12.6. The number of rotatable bonds is 3. The maximum Gasteiger partial charge on any atom is 0.339 e. The molecule has 18 heavy (non-hydrogen) atoms. The van der Waals surface area contributed by atoms with E-state index in [9.17, 15) is 14.3 Å². The molecule has 0 fully saturated rings. The van der Waals surface area contributed by atoms with Crippen LogP contribution in [0.4, 0.5) is 4.39 Å². The molecule has 0 aliphatic rings. The predicted molar refractivity (Wildman–Crippen MR) is 64.5 cm³/mol. The van der Waals surface area contributed by atoms with Crippen LogP contribution in [0.1, 0.15) is 18.6 Å². The van der Waals surface area contributed by atoms with Gasteiger partial charge in [-0.1, -0.05) is 6.07 Å². The summed E-state index contributed by atoms with van der Waals surface area (Å²) in [5.41, 5.74) is 0.638. The summed E-state index contributed by atoms with van der Waals surface area (Å²) in [5.74, 6) is -1.43. The lowest BCUT2D eigenvalue weighted by molar-refractivity contribution is -0.153. The summed E-state index contributed by atoms with van der Waals surface area (Å²) in [6.07, 6.45) is 0.128. The van der Waals surface area contributed by atoms with Crippen molar-refractivity contribution in [3.63, 3.8) is 0 Å². The van der Waals surface area contributed by atoms with Crippen molar-refractivity contribution >= 4 is 16.9 Å². The standard InChI is InChI=1S/C13H14FNO3/c1-3-18-13(17)12(16)9-4-5-10-8(11(9)14)6-7-15(10)2/h4-7,12,16H,3H2,1-2H3. The van der Waals surface area contributed by atoms with E-state index in [0.29, 0.717) is 10.9 Å². The Morgan fingerprint density at radius 2 is 2.22 bits per heavy atom. The van der Waals surface area contributed by atoms with Gasteiger partial charge in [-0.15, -0.1) is 0 Å². The van der Waals surface area contributed by atoms with Crippen molar-refractivity contribution in [1.82, 2.24) is 4.57 Å². The van der Waals surface area contributed by atoms with E-state index in [1.165, 1.54) is 6.07 Å². The van der Waals surface area contributed by atoms with Gasteiger partial charge in [0.25, 0.3) is 0 Å². The van der Waals surface area contributed by atoms with Crippen LogP contribution in [0.2, 0.25) is 0 Å². The van der Waals surface area contributed by atoms with Gasteiger partial charge >= 0.3 is 5.97 Å². The number of nitrogens with zero attached hydrogens (tertiary/aromatic N) is 1. The Morgan fingerprint density at radius 3 is 2.89 bits per heavy atom. The number of aliphatic hydroxyl groups is 1. The normalized spacial score (nSPS) is 12.7. The molecule has 1 heterocycles. The van der Waals surface area contributed by atoms with Crippen LogP contribution in [0.15, 0.2) is 24.4 Å². The Labute approximate surface area is 104 Å². The molecular formula is C13H14FNO3. The number of aromatic nitrogens is 1. The van der Waals surface area contributed by atoms with E-state index in [1.54, 1.807) is 36.9 Å². The summed E-state index contributed by atoms with van der Waals surface area (Å²) in [7, 11) is 1.79. The first-order valence-corrected chi connectivity index (χ1v) is 5.64. The van der Waals surface area contributed by atoms with Crippen LogP contribution in [-0.2, 0) is 16.6 Å². The zero-order chi connectivity index (χ0) is 13.3. The van der Waals surface area contributed by atoms with E-state index >= 15 is 0 Å². The Balaban J connectivity index is 2.46. The minimum atomic E-state index is -1.59. The molecule has 4 nitrogen and oxygen atoms in total. The van der Waals surface area contributed by atoms with Crippen molar-refractivity contribution in [3.05, 3.63) is 35.8 Å². The number of benzene rings is 1. The summed E-state index contributed by atoms with van der Waals surface area (Å²) in [5, 5.41) is 10.1. The smallest absolute Gasteiger partial charge is 0.339 e. The molecule has 1 aromatic carbocycles. The van der Waals surface area contributed by atoms with Crippen molar-refractivity contribution in [3.8, 4) is 0 Å². The Hall–Kier alpha value is -1.88. The number of carbonyl (C=O) groups is 1. The van der Waals surface area contributed by atoms with E-state index in [4.69, 9.17) is 0 Å². The third kappa shape index (κ3) is 1.97. The third-order valence-corrected chi connectivity index (χ3v) is 2.84. The molecule has 5 heteroatoms. The number of hydrogen-bond donors (Lipinski definition) is 1. The first-order valence-electron chi connectivity index (χ1n) is 5.64. The van der Waals surface area contributed by atoms with Gasteiger partial charge in [-0.05, 0) is 19.1 Å². The minimum Gasteiger partial charge on any atom is -0.464 e. The lowest BCUT2D eigenvalue weighted by atomic mass is 10.1. The molecule has 2 rings (SSSR count). The van der Waals surface area contributed by atoms with E-state index in [2.05, 4.69) is 4.74 Å². The molecule has 0 saturated heterocycles. The molecule has 0 aliphatic heterocycles.